The number of rotatable bonds is 3. The highest BCUT2D eigenvalue weighted by atomic mass is 32.2. The summed E-state index contributed by atoms with van der Waals surface area (Å²) in [5.74, 6) is -0.182. The van der Waals surface area contributed by atoms with Gasteiger partial charge in [0.05, 0.1) is 9.77 Å². The van der Waals surface area contributed by atoms with E-state index in [4.69, 9.17) is 5.14 Å². The molecule has 1 amide bonds. The SMILES string of the molecule is Cc1sc(C(=O)N(C)CC(C)(C)C)cc1S(N)(=O)=O. The molecular formula is C12H20N2O3S2. The second-order valence-electron chi connectivity index (χ2n) is 5.80. The molecule has 0 unspecified atom stereocenters. The number of carbonyl (C=O) groups excluding carboxylic acids is 1. The summed E-state index contributed by atoms with van der Waals surface area (Å²) < 4.78 is 22.7. The van der Waals surface area contributed by atoms with E-state index < -0.39 is 10.0 Å². The van der Waals surface area contributed by atoms with Crippen LogP contribution in [0.15, 0.2) is 11.0 Å². The van der Waals surface area contributed by atoms with Crippen LogP contribution in [0.2, 0.25) is 0 Å². The average Bonchev–Trinajstić information content (AvgIpc) is 2.55. The predicted molar refractivity (Wildman–Crippen MR) is 76.8 cm³/mol. The van der Waals surface area contributed by atoms with Gasteiger partial charge in [0.1, 0.15) is 0 Å². The molecule has 0 spiro atoms. The maximum Gasteiger partial charge on any atom is 0.263 e. The predicted octanol–water partition coefficient (Wildman–Crippen LogP) is 1.82. The molecule has 0 saturated carbocycles. The second-order valence-corrected chi connectivity index (χ2v) is 8.58. The third-order valence-corrected chi connectivity index (χ3v) is 4.65. The minimum Gasteiger partial charge on any atom is -0.340 e. The van der Waals surface area contributed by atoms with Crippen LogP contribution in [0.5, 0.6) is 0 Å². The average molecular weight is 304 g/mol. The first-order valence-corrected chi connectivity index (χ1v) is 8.17. The van der Waals surface area contributed by atoms with Crippen LogP contribution in [-0.2, 0) is 10.0 Å². The van der Waals surface area contributed by atoms with Crippen LogP contribution < -0.4 is 5.14 Å². The lowest BCUT2D eigenvalue weighted by atomic mass is 9.96. The van der Waals surface area contributed by atoms with E-state index in [2.05, 4.69) is 0 Å². The van der Waals surface area contributed by atoms with E-state index in [9.17, 15) is 13.2 Å². The number of hydrogen-bond donors (Lipinski definition) is 1. The van der Waals surface area contributed by atoms with Gasteiger partial charge in [-0.1, -0.05) is 20.8 Å². The van der Waals surface area contributed by atoms with Crippen LogP contribution in [0.4, 0.5) is 0 Å². The summed E-state index contributed by atoms with van der Waals surface area (Å²) in [6, 6.07) is 1.36. The van der Waals surface area contributed by atoms with Crippen molar-refractivity contribution in [1.29, 1.82) is 0 Å². The summed E-state index contributed by atoms with van der Waals surface area (Å²) in [5, 5.41) is 5.10. The molecule has 0 fully saturated rings. The molecule has 0 aromatic carbocycles. The number of nitrogens with zero attached hydrogens (tertiary/aromatic N) is 1. The minimum absolute atomic E-state index is 0.0144. The van der Waals surface area contributed by atoms with Gasteiger partial charge in [0.25, 0.3) is 5.91 Å². The molecule has 0 bridgehead atoms. The fraction of sp³-hybridized carbons (Fsp3) is 0.583. The van der Waals surface area contributed by atoms with Crippen LogP contribution in [0.25, 0.3) is 0 Å². The Labute approximate surface area is 118 Å². The van der Waals surface area contributed by atoms with Gasteiger partial charge in [0.2, 0.25) is 10.0 Å². The van der Waals surface area contributed by atoms with Crippen LogP contribution in [0.3, 0.4) is 0 Å². The zero-order valence-electron chi connectivity index (χ0n) is 11.9. The Balaban J connectivity index is 3.03. The van der Waals surface area contributed by atoms with E-state index in [-0.39, 0.29) is 16.2 Å². The number of amides is 1. The van der Waals surface area contributed by atoms with Crippen molar-refractivity contribution in [3.63, 3.8) is 0 Å². The molecule has 1 heterocycles. The van der Waals surface area contributed by atoms with Gasteiger partial charge in [0, 0.05) is 18.5 Å². The molecule has 0 saturated heterocycles. The molecule has 2 N–H and O–H groups in total. The molecule has 0 aliphatic carbocycles. The fourth-order valence-electron chi connectivity index (χ4n) is 1.82. The van der Waals surface area contributed by atoms with Crippen molar-refractivity contribution in [2.75, 3.05) is 13.6 Å². The molecule has 1 aromatic heterocycles. The zero-order valence-corrected chi connectivity index (χ0v) is 13.5. The summed E-state index contributed by atoms with van der Waals surface area (Å²) >= 11 is 1.15. The van der Waals surface area contributed by atoms with Gasteiger partial charge in [-0.25, -0.2) is 13.6 Å². The van der Waals surface area contributed by atoms with Crippen molar-refractivity contribution in [3.8, 4) is 0 Å². The van der Waals surface area contributed by atoms with Crippen LogP contribution in [-0.4, -0.2) is 32.8 Å². The molecule has 5 nitrogen and oxygen atoms in total. The van der Waals surface area contributed by atoms with Crippen LogP contribution in [0.1, 0.15) is 35.3 Å². The highest BCUT2D eigenvalue weighted by Gasteiger charge is 2.23. The topological polar surface area (TPSA) is 80.5 Å². The molecule has 19 heavy (non-hydrogen) atoms. The van der Waals surface area contributed by atoms with Crippen molar-refractivity contribution in [3.05, 3.63) is 15.8 Å². The Morgan fingerprint density at radius 2 is 1.95 bits per heavy atom. The highest BCUT2D eigenvalue weighted by molar-refractivity contribution is 7.89. The molecule has 1 rings (SSSR count). The van der Waals surface area contributed by atoms with Crippen molar-refractivity contribution in [1.82, 2.24) is 4.90 Å². The quantitative estimate of drug-likeness (QED) is 0.925. The largest absolute Gasteiger partial charge is 0.340 e. The molecule has 0 aliphatic heterocycles. The first kappa shape index (κ1) is 16.1. The molecule has 0 atom stereocenters. The molecule has 0 radical (unpaired) electrons. The van der Waals surface area contributed by atoms with E-state index in [1.165, 1.54) is 6.07 Å². The van der Waals surface area contributed by atoms with E-state index in [0.29, 0.717) is 16.3 Å². The number of aryl methyl sites for hydroxylation is 1. The van der Waals surface area contributed by atoms with Crippen molar-refractivity contribution < 1.29 is 13.2 Å². The minimum atomic E-state index is -3.77. The first-order valence-electron chi connectivity index (χ1n) is 5.80. The summed E-state index contributed by atoms with van der Waals surface area (Å²) in [6.07, 6.45) is 0. The molecular weight excluding hydrogens is 284 g/mol. The Hall–Kier alpha value is -0.920. The van der Waals surface area contributed by atoms with Crippen molar-refractivity contribution >= 4 is 27.3 Å². The summed E-state index contributed by atoms with van der Waals surface area (Å²) in [4.78, 5) is 14.8. The van der Waals surface area contributed by atoms with Gasteiger partial charge in [-0.2, -0.15) is 0 Å². The molecule has 1 aromatic rings. The Kier molecular flexibility index (Phi) is 4.44. The maximum atomic E-state index is 12.2. The lowest BCUT2D eigenvalue weighted by molar-refractivity contribution is 0.0750. The monoisotopic (exact) mass is 304 g/mol. The van der Waals surface area contributed by atoms with Gasteiger partial charge in [-0.15, -0.1) is 11.3 Å². The van der Waals surface area contributed by atoms with E-state index in [1.807, 2.05) is 20.8 Å². The van der Waals surface area contributed by atoms with Gasteiger partial charge in [-0.05, 0) is 18.4 Å². The Morgan fingerprint density at radius 3 is 2.32 bits per heavy atom. The number of carbonyl (C=O) groups is 1. The van der Waals surface area contributed by atoms with Gasteiger partial charge >= 0.3 is 0 Å². The number of sulfonamides is 1. The molecule has 7 heteroatoms. The Bertz CT molecular complexity index is 583. The van der Waals surface area contributed by atoms with E-state index >= 15 is 0 Å². The number of hydrogen-bond acceptors (Lipinski definition) is 4. The molecule has 0 aliphatic rings. The zero-order chi connectivity index (χ0) is 15.0. The smallest absolute Gasteiger partial charge is 0.263 e. The van der Waals surface area contributed by atoms with Gasteiger partial charge in [0.15, 0.2) is 0 Å². The number of primary sulfonamides is 1. The number of nitrogens with two attached hydrogens (primary N) is 1. The molecule has 108 valence electrons. The summed E-state index contributed by atoms with van der Waals surface area (Å²) in [6.45, 7) is 8.34. The fourth-order valence-corrected chi connectivity index (χ4v) is 3.96. The Morgan fingerprint density at radius 1 is 1.42 bits per heavy atom. The summed E-state index contributed by atoms with van der Waals surface area (Å²) in [7, 11) is -2.06. The van der Waals surface area contributed by atoms with E-state index in [0.717, 1.165) is 11.3 Å². The van der Waals surface area contributed by atoms with Crippen molar-refractivity contribution in [2.24, 2.45) is 10.6 Å². The third-order valence-electron chi connectivity index (χ3n) is 2.45. The lowest BCUT2D eigenvalue weighted by Gasteiger charge is -2.26. The van der Waals surface area contributed by atoms with E-state index in [1.54, 1.807) is 18.9 Å². The van der Waals surface area contributed by atoms with Crippen molar-refractivity contribution in [2.45, 2.75) is 32.6 Å². The maximum absolute atomic E-state index is 12.2. The number of thiophene rings is 1. The third kappa shape index (κ3) is 4.29. The van der Waals surface area contributed by atoms with Gasteiger partial charge < -0.3 is 4.90 Å². The summed E-state index contributed by atoms with van der Waals surface area (Å²) in [5.41, 5.74) is -0.0144. The van der Waals surface area contributed by atoms with Gasteiger partial charge in [-0.3, -0.25) is 4.79 Å². The first-order chi connectivity index (χ1) is 8.42. The van der Waals surface area contributed by atoms with Crippen LogP contribution >= 0.6 is 11.3 Å². The van der Waals surface area contributed by atoms with Crippen LogP contribution in [0, 0.1) is 12.3 Å². The standard InChI is InChI=1S/C12H20N2O3S2/c1-8-10(19(13,16)17)6-9(18-8)11(15)14(5)7-12(2,3)4/h6H,7H2,1-5H3,(H2,13,16,17). The normalized spacial score (nSPS) is 12.5. The second kappa shape index (κ2) is 5.22. The lowest BCUT2D eigenvalue weighted by Crippen LogP contribution is -2.34. The highest BCUT2D eigenvalue weighted by Crippen LogP contribution is 2.26.